The number of halogens is 1. The Kier molecular flexibility index (Phi) is 5.63. The van der Waals surface area contributed by atoms with Gasteiger partial charge in [0.25, 0.3) is 5.91 Å². The van der Waals surface area contributed by atoms with Gasteiger partial charge in [-0.1, -0.05) is 54.1 Å². The number of amides is 1. The third-order valence-electron chi connectivity index (χ3n) is 5.89. The lowest BCUT2D eigenvalue weighted by atomic mass is 10.1. The maximum Gasteiger partial charge on any atom is 0.260 e. The summed E-state index contributed by atoms with van der Waals surface area (Å²) in [7, 11) is 0. The molecule has 0 radical (unpaired) electrons. The van der Waals surface area contributed by atoms with E-state index in [0.29, 0.717) is 36.2 Å². The SMILES string of the molecule is Cc1cc(Nc2cc(O)cc(O)c2C(=O)N2Cc3ccccc3C2)n(Cc2ccccc2Cl)n1. The van der Waals surface area contributed by atoms with Crippen molar-refractivity contribution in [2.45, 2.75) is 26.6 Å². The normalized spacial score (nSPS) is 12.6. The molecule has 0 fully saturated rings. The highest BCUT2D eigenvalue weighted by atomic mass is 35.5. The lowest BCUT2D eigenvalue weighted by Crippen LogP contribution is -2.26. The number of phenolic OH excluding ortho intramolecular Hbond substituents is 2. The summed E-state index contributed by atoms with van der Waals surface area (Å²) in [6.07, 6.45) is 0. The first-order chi connectivity index (χ1) is 16.4. The van der Waals surface area contributed by atoms with Gasteiger partial charge in [-0.25, -0.2) is 4.68 Å². The Balaban J connectivity index is 1.48. The van der Waals surface area contributed by atoms with Crippen molar-refractivity contribution in [3.8, 4) is 11.5 Å². The molecule has 7 nitrogen and oxygen atoms in total. The summed E-state index contributed by atoms with van der Waals surface area (Å²) in [6, 6.07) is 19.8. The molecule has 0 saturated carbocycles. The van der Waals surface area contributed by atoms with E-state index in [-0.39, 0.29) is 23.0 Å². The van der Waals surface area contributed by atoms with Gasteiger partial charge >= 0.3 is 0 Å². The lowest BCUT2D eigenvalue weighted by molar-refractivity contribution is 0.0749. The first kappa shape index (κ1) is 21.9. The minimum Gasteiger partial charge on any atom is -0.508 e. The third-order valence-corrected chi connectivity index (χ3v) is 6.26. The Labute approximate surface area is 201 Å². The second kappa shape index (κ2) is 8.76. The van der Waals surface area contributed by atoms with Crippen LogP contribution in [0.15, 0.2) is 66.7 Å². The minimum atomic E-state index is -0.329. The van der Waals surface area contributed by atoms with Crippen molar-refractivity contribution in [1.29, 1.82) is 0 Å². The van der Waals surface area contributed by atoms with Gasteiger partial charge < -0.3 is 20.4 Å². The smallest absolute Gasteiger partial charge is 0.260 e. The molecule has 0 aliphatic carbocycles. The van der Waals surface area contributed by atoms with Crippen LogP contribution in [0, 0.1) is 6.92 Å². The van der Waals surface area contributed by atoms with Crippen molar-refractivity contribution in [1.82, 2.24) is 14.7 Å². The van der Waals surface area contributed by atoms with Gasteiger partial charge in [0, 0.05) is 36.3 Å². The fourth-order valence-electron chi connectivity index (χ4n) is 4.26. The zero-order valence-electron chi connectivity index (χ0n) is 18.5. The molecule has 3 aromatic carbocycles. The van der Waals surface area contributed by atoms with Gasteiger partial charge in [0.05, 0.1) is 17.9 Å². The van der Waals surface area contributed by atoms with Crippen molar-refractivity contribution in [2.75, 3.05) is 5.32 Å². The molecule has 1 aliphatic rings. The molecule has 0 bridgehead atoms. The van der Waals surface area contributed by atoms with Crippen LogP contribution in [0.2, 0.25) is 5.02 Å². The van der Waals surface area contributed by atoms with Gasteiger partial charge in [-0.05, 0) is 29.7 Å². The number of carbonyl (C=O) groups is 1. The standard InChI is InChI=1S/C26H23ClN4O3/c1-16-10-24(31(29-16)15-19-8-4-5-9-21(19)27)28-22-11-20(32)12-23(33)25(22)26(34)30-13-17-6-2-3-7-18(17)14-30/h2-12,28,32-33H,13-15H2,1H3. The average molecular weight is 475 g/mol. The number of phenols is 2. The van der Waals surface area contributed by atoms with E-state index in [1.165, 1.54) is 12.1 Å². The maximum atomic E-state index is 13.5. The number of aromatic nitrogens is 2. The number of fused-ring (bicyclic) bond motifs is 1. The number of hydrogen-bond donors (Lipinski definition) is 3. The van der Waals surface area contributed by atoms with Crippen molar-refractivity contribution >= 4 is 29.0 Å². The molecule has 34 heavy (non-hydrogen) atoms. The van der Waals surface area contributed by atoms with Crippen LogP contribution in [-0.4, -0.2) is 30.8 Å². The van der Waals surface area contributed by atoms with Crippen LogP contribution in [-0.2, 0) is 19.6 Å². The second-order valence-electron chi connectivity index (χ2n) is 8.36. The molecule has 4 aromatic rings. The van der Waals surface area contributed by atoms with Gasteiger partial charge in [-0.3, -0.25) is 4.79 Å². The van der Waals surface area contributed by atoms with Crippen LogP contribution in [0.1, 0.15) is 32.7 Å². The van der Waals surface area contributed by atoms with Crippen molar-refractivity contribution < 1.29 is 15.0 Å². The molecule has 0 saturated heterocycles. The van der Waals surface area contributed by atoms with E-state index in [1.807, 2.05) is 61.5 Å². The van der Waals surface area contributed by atoms with Crippen molar-refractivity contribution in [3.63, 3.8) is 0 Å². The predicted molar refractivity (Wildman–Crippen MR) is 131 cm³/mol. The monoisotopic (exact) mass is 474 g/mol. The Morgan fingerprint density at radius 3 is 2.41 bits per heavy atom. The highest BCUT2D eigenvalue weighted by molar-refractivity contribution is 6.31. The molecular weight excluding hydrogens is 452 g/mol. The fourth-order valence-corrected chi connectivity index (χ4v) is 4.46. The zero-order valence-corrected chi connectivity index (χ0v) is 19.3. The molecule has 1 amide bonds. The maximum absolute atomic E-state index is 13.5. The van der Waals surface area contributed by atoms with E-state index >= 15 is 0 Å². The summed E-state index contributed by atoms with van der Waals surface area (Å²) in [6.45, 7) is 3.18. The molecule has 1 aliphatic heterocycles. The number of hydrogen-bond acceptors (Lipinski definition) is 5. The van der Waals surface area contributed by atoms with Gasteiger partial charge in [0.15, 0.2) is 0 Å². The number of benzene rings is 3. The highest BCUT2D eigenvalue weighted by Gasteiger charge is 2.28. The molecule has 172 valence electrons. The van der Waals surface area contributed by atoms with Gasteiger partial charge in [-0.2, -0.15) is 5.10 Å². The number of anilines is 2. The van der Waals surface area contributed by atoms with Crippen LogP contribution in [0.25, 0.3) is 0 Å². The Hall–Kier alpha value is -3.97. The van der Waals surface area contributed by atoms with Crippen LogP contribution >= 0.6 is 11.6 Å². The molecule has 8 heteroatoms. The summed E-state index contributed by atoms with van der Waals surface area (Å²) in [4.78, 5) is 15.2. The van der Waals surface area contributed by atoms with E-state index in [1.54, 1.807) is 9.58 Å². The molecule has 1 aromatic heterocycles. The number of carbonyl (C=O) groups excluding carboxylic acids is 1. The number of nitrogens with one attached hydrogen (secondary N) is 1. The molecule has 0 spiro atoms. The number of rotatable bonds is 5. The molecular formula is C26H23ClN4O3. The first-order valence-corrected chi connectivity index (χ1v) is 11.2. The topological polar surface area (TPSA) is 90.6 Å². The van der Waals surface area contributed by atoms with Crippen molar-refractivity contribution in [2.24, 2.45) is 0 Å². The van der Waals surface area contributed by atoms with E-state index in [9.17, 15) is 15.0 Å². The largest absolute Gasteiger partial charge is 0.508 e. The number of aryl methyl sites for hydroxylation is 1. The fraction of sp³-hybridized carbons (Fsp3) is 0.154. The predicted octanol–water partition coefficient (Wildman–Crippen LogP) is 5.20. The van der Waals surface area contributed by atoms with Crippen LogP contribution in [0.3, 0.4) is 0 Å². The second-order valence-corrected chi connectivity index (χ2v) is 8.77. The lowest BCUT2D eigenvalue weighted by Gasteiger charge is -2.20. The number of nitrogens with zero attached hydrogens (tertiary/aromatic N) is 3. The van der Waals surface area contributed by atoms with Crippen LogP contribution < -0.4 is 5.32 Å². The van der Waals surface area contributed by atoms with Gasteiger partial charge in [0.1, 0.15) is 22.9 Å². The minimum absolute atomic E-state index is 0.0914. The molecule has 5 rings (SSSR count). The zero-order chi connectivity index (χ0) is 23.8. The summed E-state index contributed by atoms with van der Waals surface area (Å²) in [5.74, 6) is -0.182. The molecule has 0 unspecified atom stereocenters. The van der Waals surface area contributed by atoms with Crippen LogP contribution in [0.4, 0.5) is 11.5 Å². The molecule has 0 atom stereocenters. The summed E-state index contributed by atoms with van der Waals surface area (Å²) in [5.41, 5.74) is 4.20. The third kappa shape index (κ3) is 4.18. The number of aromatic hydroxyl groups is 2. The Morgan fingerprint density at radius 1 is 1.03 bits per heavy atom. The average Bonchev–Trinajstić information content (AvgIpc) is 3.38. The van der Waals surface area contributed by atoms with E-state index in [4.69, 9.17) is 11.6 Å². The molecule has 2 heterocycles. The first-order valence-electron chi connectivity index (χ1n) is 10.9. The Morgan fingerprint density at radius 2 is 1.71 bits per heavy atom. The van der Waals surface area contributed by atoms with E-state index in [0.717, 1.165) is 22.4 Å². The van der Waals surface area contributed by atoms with Crippen molar-refractivity contribution in [3.05, 3.63) is 99.7 Å². The Bertz CT molecular complexity index is 1370. The van der Waals surface area contributed by atoms with E-state index in [2.05, 4.69) is 10.4 Å². The van der Waals surface area contributed by atoms with Crippen LogP contribution in [0.5, 0.6) is 11.5 Å². The quantitative estimate of drug-likeness (QED) is 0.369. The van der Waals surface area contributed by atoms with E-state index < -0.39 is 0 Å². The summed E-state index contributed by atoms with van der Waals surface area (Å²) < 4.78 is 1.73. The highest BCUT2D eigenvalue weighted by Crippen LogP contribution is 2.36. The van der Waals surface area contributed by atoms with Gasteiger partial charge in [-0.15, -0.1) is 0 Å². The summed E-state index contributed by atoms with van der Waals surface area (Å²) >= 11 is 6.34. The summed E-state index contributed by atoms with van der Waals surface area (Å²) in [5, 5.41) is 29.2. The molecule has 3 N–H and O–H groups in total. The van der Waals surface area contributed by atoms with Gasteiger partial charge in [0.2, 0.25) is 0 Å².